The molecular formula is C14H14N2O. The zero-order valence-electron chi connectivity index (χ0n) is 20.5. The van der Waals surface area contributed by atoms with Crippen molar-refractivity contribution in [2.75, 3.05) is 0 Å². The molecule has 2 rings (SSSR count). The molecule has 0 radical (unpaired) electrons. The van der Waals surface area contributed by atoms with Crippen molar-refractivity contribution in [1.82, 2.24) is 5.01 Å². The number of hydrogen-bond acceptors (Lipinski definition) is 2. The summed E-state index contributed by atoms with van der Waals surface area (Å²) in [4.78, 5) is 11.4. The van der Waals surface area contributed by atoms with E-state index in [9.17, 15) is 4.91 Å². The fourth-order valence-electron chi connectivity index (χ4n) is 0.997. The Morgan fingerprint density at radius 1 is 0.941 bits per heavy atom. The molecule has 2 atom stereocenters. The molecule has 0 fully saturated rings. The van der Waals surface area contributed by atoms with Gasteiger partial charge in [0.25, 0.3) is 0 Å². The maximum Gasteiger partial charge on any atom is 0.0646 e. The van der Waals surface area contributed by atoms with E-state index in [0.717, 1.165) is 0 Å². The SMILES string of the molecule is [2H]c1c([2H])c([2H])c(C([2H])N(N=O)C([2H])c2c([2H])c([2H])c([2H])c([2H])c2[2H])c([2H])c1[2H]. The molecule has 0 aliphatic heterocycles. The molecule has 0 N–H and O–H groups in total. The smallest absolute Gasteiger partial charge is 0.0646 e. The van der Waals surface area contributed by atoms with Crippen LogP contribution in [0, 0.1) is 4.91 Å². The van der Waals surface area contributed by atoms with E-state index in [1.165, 1.54) is 0 Å². The molecule has 86 valence electrons. The van der Waals surface area contributed by atoms with E-state index >= 15 is 0 Å². The number of rotatable bonds is 5. The topological polar surface area (TPSA) is 32.7 Å². The van der Waals surface area contributed by atoms with Gasteiger partial charge in [-0.15, -0.1) is 4.91 Å². The first-order valence-electron chi connectivity index (χ1n) is 10.6. The molecule has 0 bridgehead atoms. The van der Waals surface area contributed by atoms with E-state index in [-0.39, 0.29) is 5.01 Å². The summed E-state index contributed by atoms with van der Waals surface area (Å²) in [5.41, 5.74) is -1.28. The molecule has 0 aliphatic carbocycles. The maximum absolute atomic E-state index is 11.4. The third-order valence-electron chi connectivity index (χ3n) is 1.66. The largest absolute Gasteiger partial charge is 0.252 e. The van der Waals surface area contributed by atoms with Crippen LogP contribution in [-0.4, -0.2) is 5.01 Å². The minimum Gasteiger partial charge on any atom is -0.252 e. The first-order valence-corrected chi connectivity index (χ1v) is 4.48. The predicted molar refractivity (Wildman–Crippen MR) is 67.9 cm³/mol. The summed E-state index contributed by atoms with van der Waals surface area (Å²) >= 11 is 0. The van der Waals surface area contributed by atoms with Crippen LogP contribution in [-0.2, 0) is 13.0 Å². The highest BCUT2D eigenvalue weighted by Crippen LogP contribution is 2.09. The lowest BCUT2D eigenvalue weighted by Gasteiger charge is -2.15. The van der Waals surface area contributed by atoms with Crippen molar-refractivity contribution in [2.24, 2.45) is 5.29 Å². The van der Waals surface area contributed by atoms with Crippen LogP contribution in [0.3, 0.4) is 0 Å². The van der Waals surface area contributed by atoms with Crippen molar-refractivity contribution in [1.29, 1.82) is 0 Å². The van der Waals surface area contributed by atoms with Gasteiger partial charge in [0, 0.05) is 0 Å². The van der Waals surface area contributed by atoms with Crippen molar-refractivity contribution in [3.8, 4) is 0 Å². The summed E-state index contributed by atoms with van der Waals surface area (Å²) in [5, 5.41) is 2.66. The summed E-state index contributed by atoms with van der Waals surface area (Å²) in [6.07, 6.45) is 0. The summed E-state index contributed by atoms with van der Waals surface area (Å²) in [5.74, 6) is 0. The van der Waals surface area contributed by atoms with Gasteiger partial charge in [-0.3, -0.25) is 5.01 Å². The van der Waals surface area contributed by atoms with E-state index in [1.807, 2.05) is 0 Å². The highest BCUT2D eigenvalue weighted by atomic mass is 16.3. The third-order valence-corrected chi connectivity index (χ3v) is 1.66. The van der Waals surface area contributed by atoms with Crippen LogP contribution < -0.4 is 0 Å². The van der Waals surface area contributed by atoms with Crippen LogP contribution >= 0.6 is 0 Å². The molecule has 2 aromatic rings. The van der Waals surface area contributed by atoms with E-state index in [4.69, 9.17) is 16.4 Å². The second-order valence-electron chi connectivity index (χ2n) is 2.80. The normalized spacial score (nSPS) is 23.5. The van der Waals surface area contributed by atoms with Crippen LogP contribution in [0.2, 0.25) is 0 Å². The lowest BCUT2D eigenvalue weighted by molar-refractivity contribution is 0.266. The Hall–Kier alpha value is -2.16. The van der Waals surface area contributed by atoms with Crippen molar-refractivity contribution in [2.45, 2.75) is 13.0 Å². The minimum absolute atomic E-state index is 0.155. The van der Waals surface area contributed by atoms with Gasteiger partial charge in [0.1, 0.15) is 0 Å². The second kappa shape index (κ2) is 5.80. The van der Waals surface area contributed by atoms with Gasteiger partial charge in [0.15, 0.2) is 0 Å². The summed E-state index contributed by atoms with van der Waals surface area (Å²) in [6.45, 7) is -4.14. The molecule has 0 heterocycles. The number of benzene rings is 2. The predicted octanol–water partition coefficient (Wildman–Crippen LogP) is 3.37. The van der Waals surface area contributed by atoms with Gasteiger partial charge >= 0.3 is 0 Å². The van der Waals surface area contributed by atoms with Crippen LogP contribution in [0.15, 0.2) is 65.7 Å². The fourth-order valence-corrected chi connectivity index (χ4v) is 0.997. The summed E-state index contributed by atoms with van der Waals surface area (Å²) in [6, 6.07) is -7.57. The molecule has 3 heteroatoms. The highest BCUT2D eigenvalue weighted by molar-refractivity contribution is 5.16. The van der Waals surface area contributed by atoms with Crippen molar-refractivity contribution >= 4 is 0 Å². The average Bonchev–Trinajstić information content (AvgIpc) is 2.68. The number of nitrogens with zero attached hydrogens (tertiary/aromatic N) is 2. The van der Waals surface area contributed by atoms with Gasteiger partial charge in [-0.25, -0.2) is 0 Å². The van der Waals surface area contributed by atoms with Crippen LogP contribution in [0.25, 0.3) is 0 Å². The molecule has 0 aromatic heterocycles. The average molecular weight is 238 g/mol. The molecule has 0 aliphatic rings. The van der Waals surface area contributed by atoms with Gasteiger partial charge in [-0.2, -0.15) is 0 Å². The van der Waals surface area contributed by atoms with Crippen molar-refractivity contribution < 1.29 is 16.4 Å². The van der Waals surface area contributed by atoms with E-state index in [0.29, 0.717) is 0 Å². The molecule has 0 amide bonds. The van der Waals surface area contributed by atoms with Gasteiger partial charge < -0.3 is 0 Å². The lowest BCUT2D eigenvalue weighted by Crippen LogP contribution is -2.15. The van der Waals surface area contributed by atoms with Gasteiger partial charge in [0.2, 0.25) is 0 Å². The van der Waals surface area contributed by atoms with Crippen molar-refractivity contribution in [3.05, 3.63) is 76.5 Å². The lowest BCUT2D eigenvalue weighted by atomic mass is 10.2. The van der Waals surface area contributed by atoms with Crippen molar-refractivity contribution in [3.63, 3.8) is 0 Å². The molecular weight excluding hydrogens is 212 g/mol. The summed E-state index contributed by atoms with van der Waals surface area (Å²) in [7, 11) is 0. The van der Waals surface area contributed by atoms with E-state index in [2.05, 4.69) is 5.29 Å². The molecule has 2 unspecified atom stereocenters. The standard InChI is InChI=1S/C14H14N2O/c17-15-16(11-13-7-3-1-4-8-13)12-14-9-5-2-6-10-14/h1-10H,11-12H2/i1D,2D,3D,4D,5D,6D,7D,8D,9D,10D,11D,12D. The Bertz CT molecular complexity index is 864. The first-order chi connectivity index (χ1) is 13.4. The van der Waals surface area contributed by atoms with E-state index in [1.54, 1.807) is 0 Å². The minimum atomic E-state index is -2.07. The summed E-state index contributed by atoms with van der Waals surface area (Å²) < 4.78 is 93.6. The Kier molecular flexibility index (Phi) is 1.25. The van der Waals surface area contributed by atoms with Gasteiger partial charge in [-0.1, -0.05) is 60.4 Å². The molecule has 3 nitrogen and oxygen atoms in total. The van der Waals surface area contributed by atoms with Gasteiger partial charge in [-0.05, 0) is 11.1 Å². The second-order valence-corrected chi connectivity index (χ2v) is 2.80. The molecule has 0 spiro atoms. The Morgan fingerprint density at radius 3 is 1.71 bits per heavy atom. The first kappa shape index (κ1) is 3.67. The maximum atomic E-state index is 11.4. The monoisotopic (exact) mass is 238 g/mol. The zero-order valence-corrected chi connectivity index (χ0v) is 8.46. The zero-order chi connectivity index (χ0) is 22.4. The Morgan fingerprint density at radius 2 is 1.35 bits per heavy atom. The quantitative estimate of drug-likeness (QED) is 0.591. The highest BCUT2D eigenvalue weighted by Gasteiger charge is 2.04. The van der Waals surface area contributed by atoms with E-state index < -0.39 is 84.6 Å². The molecule has 2 aromatic carbocycles. The Labute approximate surface area is 118 Å². The molecule has 0 saturated heterocycles. The van der Waals surface area contributed by atoms with Crippen LogP contribution in [0.5, 0.6) is 0 Å². The number of hydrogen-bond donors (Lipinski definition) is 0. The van der Waals surface area contributed by atoms with Gasteiger partial charge in [0.05, 0.1) is 34.8 Å². The molecule has 0 saturated carbocycles. The molecule has 17 heavy (non-hydrogen) atoms. The fraction of sp³-hybridized carbons (Fsp3) is 0.143. The van der Waals surface area contributed by atoms with Crippen LogP contribution in [0.4, 0.5) is 0 Å². The van der Waals surface area contributed by atoms with Crippen LogP contribution in [0.1, 0.15) is 27.6 Å². The Balaban J connectivity index is 2.66. The number of nitroso groups, excluding NO2 is 1. The third kappa shape index (κ3) is 3.41.